The Hall–Kier alpha value is -2.41. The van der Waals surface area contributed by atoms with Gasteiger partial charge in [-0.05, 0) is 85.8 Å². The Morgan fingerprint density at radius 3 is 2.52 bits per heavy atom. The van der Waals surface area contributed by atoms with E-state index >= 15 is 0 Å². The predicted molar refractivity (Wildman–Crippen MR) is 118 cm³/mol. The Morgan fingerprint density at radius 1 is 1.15 bits per heavy atom. The van der Waals surface area contributed by atoms with Crippen molar-refractivity contribution in [3.63, 3.8) is 0 Å². The van der Waals surface area contributed by atoms with E-state index in [1.165, 1.54) is 0 Å². The van der Waals surface area contributed by atoms with Crippen molar-refractivity contribution in [3.05, 3.63) is 80.7 Å². The van der Waals surface area contributed by atoms with Crippen LogP contribution in [0.4, 0.5) is 5.69 Å². The predicted octanol–water partition coefficient (Wildman–Crippen LogP) is 5.63. The standard InChI is InChI=1S/C22H21IN2O2/c1-4-27-22(26)17-9-11-19(12-10-17)25-15(2)13-18(16(25)3)14-24-21-8-6-5-7-20(21)23/h5-14H,4H2,1-3H3. The number of ether oxygens (including phenoxy) is 1. The van der Waals surface area contributed by atoms with Gasteiger partial charge < -0.3 is 9.30 Å². The van der Waals surface area contributed by atoms with Crippen LogP contribution in [-0.4, -0.2) is 23.4 Å². The fraction of sp³-hybridized carbons (Fsp3) is 0.182. The summed E-state index contributed by atoms with van der Waals surface area (Å²) < 4.78 is 8.32. The monoisotopic (exact) mass is 472 g/mol. The molecule has 3 aromatic rings. The van der Waals surface area contributed by atoms with Gasteiger partial charge in [0.05, 0.1) is 17.9 Å². The van der Waals surface area contributed by atoms with Gasteiger partial charge in [0.2, 0.25) is 0 Å². The Kier molecular flexibility index (Phi) is 6.11. The summed E-state index contributed by atoms with van der Waals surface area (Å²) in [5, 5.41) is 0. The van der Waals surface area contributed by atoms with Crippen molar-refractivity contribution < 1.29 is 9.53 Å². The fourth-order valence-electron chi connectivity index (χ4n) is 2.97. The first-order valence-corrected chi connectivity index (χ1v) is 9.84. The van der Waals surface area contributed by atoms with Gasteiger partial charge in [0.15, 0.2) is 0 Å². The van der Waals surface area contributed by atoms with Gasteiger partial charge in [-0.1, -0.05) is 12.1 Å². The maximum absolute atomic E-state index is 11.8. The summed E-state index contributed by atoms with van der Waals surface area (Å²) in [6.07, 6.45) is 1.91. The molecule has 0 bridgehead atoms. The molecule has 0 aliphatic carbocycles. The van der Waals surface area contributed by atoms with E-state index in [4.69, 9.17) is 4.74 Å². The fourth-order valence-corrected chi connectivity index (χ4v) is 3.50. The number of esters is 1. The van der Waals surface area contributed by atoms with Gasteiger partial charge in [-0.15, -0.1) is 0 Å². The molecule has 0 spiro atoms. The molecular formula is C22H21IN2O2. The molecule has 0 unspecified atom stereocenters. The van der Waals surface area contributed by atoms with E-state index in [-0.39, 0.29) is 5.97 Å². The van der Waals surface area contributed by atoms with Crippen molar-refractivity contribution in [2.75, 3.05) is 6.61 Å². The SMILES string of the molecule is CCOC(=O)c1ccc(-n2c(C)cc(C=Nc3ccccc3I)c2C)cc1. The van der Waals surface area contributed by atoms with Crippen LogP contribution in [0.25, 0.3) is 5.69 Å². The Labute approximate surface area is 173 Å². The highest BCUT2D eigenvalue weighted by molar-refractivity contribution is 14.1. The minimum absolute atomic E-state index is 0.296. The number of para-hydroxylation sites is 1. The number of aromatic nitrogens is 1. The Morgan fingerprint density at radius 2 is 1.85 bits per heavy atom. The Balaban J connectivity index is 1.90. The molecular weight excluding hydrogens is 451 g/mol. The summed E-state index contributed by atoms with van der Waals surface area (Å²) in [4.78, 5) is 16.5. The third-order valence-electron chi connectivity index (χ3n) is 4.30. The molecule has 1 aromatic heterocycles. The van der Waals surface area contributed by atoms with Crippen LogP contribution in [-0.2, 0) is 4.74 Å². The molecule has 2 aromatic carbocycles. The topological polar surface area (TPSA) is 43.6 Å². The number of halogens is 1. The van der Waals surface area contributed by atoms with Crippen LogP contribution in [0.15, 0.2) is 59.6 Å². The molecule has 0 radical (unpaired) electrons. The third kappa shape index (κ3) is 4.30. The van der Waals surface area contributed by atoms with E-state index in [0.29, 0.717) is 12.2 Å². The second-order valence-electron chi connectivity index (χ2n) is 6.14. The molecule has 5 heteroatoms. The lowest BCUT2D eigenvalue weighted by atomic mass is 10.2. The first-order chi connectivity index (χ1) is 13.0. The van der Waals surface area contributed by atoms with Gasteiger partial charge in [0, 0.05) is 32.4 Å². The minimum Gasteiger partial charge on any atom is -0.462 e. The van der Waals surface area contributed by atoms with Crippen LogP contribution in [0.3, 0.4) is 0 Å². The largest absolute Gasteiger partial charge is 0.462 e. The van der Waals surface area contributed by atoms with E-state index in [2.05, 4.69) is 52.1 Å². The highest BCUT2D eigenvalue weighted by atomic mass is 127. The lowest BCUT2D eigenvalue weighted by Crippen LogP contribution is -2.05. The van der Waals surface area contributed by atoms with Gasteiger partial charge in [-0.25, -0.2) is 4.79 Å². The number of benzene rings is 2. The van der Waals surface area contributed by atoms with Crippen molar-refractivity contribution >= 4 is 40.5 Å². The number of aliphatic imine (C=N–C) groups is 1. The second kappa shape index (κ2) is 8.52. The lowest BCUT2D eigenvalue weighted by Gasteiger charge is -2.10. The average Bonchev–Trinajstić information content (AvgIpc) is 2.95. The molecule has 3 rings (SSSR count). The Bertz CT molecular complexity index is 988. The number of rotatable bonds is 5. The van der Waals surface area contributed by atoms with Crippen molar-refractivity contribution in [1.29, 1.82) is 0 Å². The number of nitrogens with zero attached hydrogens (tertiary/aromatic N) is 2. The van der Waals surface area contributed by atoms with Crippen LogP contribution < -0.4 is 0 Å². The summed E-state index contributed by atoms with van der Waals surface area (Å²) in [5.74, 6) is -0.296. The molecule has 0 saturated heterocycles. The van der Waals surface area contributed by atoms with Crippen LogP contribution in [0.2, 0.25) is 0 Å². The molecule has 0 N–H and O–H groups in total. The molecule has 1 heterocycles. The van der Waals surface area contributed by atoms with Gasteiger partial charge >= 0.3 is 5.97 Å². The van der Waals surface area contributed by atoms with Crippen molar-refractivity contribution in [1.82, 2.24) is 4.57 Å². The number of carbonyl (C=O) groups excluding carboxylic acids is 1. The summed E-state index contributed by atoms with van der Waals surface area (Å²) in [6.45, 7) is 6.32. The number of hydrogen-bond acceptors (Lipinski definition) is 3. The lowest BCUT2D eigenvalue weighted by molar-refractivity contribution is 0.0526. The first-order valence-electron chi connectivity index (χ1n) is 8.76. The first kappa shape index (κ1) is 19.4. The molecule has 0 aliphatic heterocycles. The van der Waals surface area contributed by atoms with E-state index in [0.717, 1.165) is 31.9 Å². The zero-order chi connectivity index (χ0) is 19.4. The highest BCUT2D eigenvalue weighted by Gasteiger charge is 2.11. The number of aryl methyl sites for hydroxylation is 1. The average molecular weight is 472 g/mol. The smallest absolute Gasteiger partial charge is 0.338 e. The molecule has 138 valence electrons. The number of carbonyl (C=O) groups is 1. The van der Waals surface area contributed by atoms with E-state index in [9.17, 15) is 4.79 Å². The van der Waals surface area contributed by atoms with Gasteiger partial charge in [-0.2, -0.15) is 0 Å². The minimum atomic E-state index is -0.296. The molecule has 27 heavy (non-hydrogen) atoms. The van der Waals surface area contributed by atoms with Gasteiger partial charge in [0.25, 0.3) is 0 Å². The van der Waals surface area contributed by atoms with Gasteiger partial charge in [0.1, 0.15) is 0 Å². The molecule has 4 nitrogen and oxygen atoms in total. The normalized spacial score (nSPS) is 11.1. The zero-order valence-electron chi connectivity index (χ0n) is 15.6. The van der Waals surface area contributed by atoms with Crippen LogP contribution in [0, 0.1) is 17.4 Å². The maximum atomic E-state index is 11.8. The number of hydrogen-bond donors (Lipinski definition) is 0. The van der Waals surface area contributed by atoms with E-state index in [1.54, 1.807) is 19.1 Å². The molecule has 0 atom stereocenters. The zero-order valence-corrected chi connectivity index (χ0v) is 17.7. The summed E-state index contributed by atoms with van der Waals surface area (Å²) in [7, 11) is 0. The van der Waals surface area contributed by atoms with Crippen LogP contribution in [0.5, 0.6) is 0 Å². The summed E-state index contributed by atoms with van der Waals surface area (Å²) >= 11 is 2.29. The van der Waals surface area contributed by atoms with Crippen LogP contribution in [0.1, 0.15) is 34.2 Å². The highest BCUT2D eigenvalue weighted by Crippen LogP contribution is 2.23. The summed E-state index contributed by atoms with van der Waals surface area (Å²) in [5.41, 5.74) is 5.81. The molecule has 0 fully saturated rings. The van der Waals surface area contributed by atoms with Crippen molar-refractivity contribution in [3.8, 4) is 5.69 Å². The maximum Gasteiger partial charge on any atom is 0.338 e. The van der Waals surface area contributed by atoms with Crippen LogP contribution >= 0.6 is 22.6 Å². The van der Waals surface area contributed by atoms with E-state index < -0.39 is 0 Å². The van der Waals surface area contributed by atoms with Crippen molar-refractivity contribution in [2.24, 2.45) is 4.99 Å². The summed E-state index contributed by atoms with van der Waals surface area (Å²) in [6, 6.07) is 17.6. The molecule has 0 aliphatic rings. The third-order valence-corrected chi connectivity index (χ3v) is 5.21. The molecule has 0 saturated carbocycles. The van der Waals surface area contributed by atoms with Gasteiger partial charge in [-0.3, -0.25) is 4.99 Å². The van der Waals surface area contributed by atoms with E-state index in [1.807, 2.05) is 42.6 Å². The molecule has 0 amide bonds. The van der Waals surface area contributed by atoms with Crippen molar-refractivity contribution in [2.45, 2.75) is 20.8 Å². The second-order valence-corrected chi connectivity index (χ2v) is 7.30. The quantitative estimate of drug-likeness (QED) is 0.275.